The van der Waals surface area contributed by atoms with Crippen molar-refractivity contribution in [2.45, 2.75) is 6.54 Å². The molecule has 0 unspecified atom stereocenters. The molecule has 0 saturated carbocycles. The molecule has 1 N–H and O–H groups in total. The lowest BCUT2D eigenvalue weighted by molar-refractivity contribution is -0.125. The van der Waals surface area contributed by atoms with Crippen molar-refractivity contribution in [1.29, 1.82) is 0 Å². The summed E-state index contributed by atoms with van der Waals surface area (Å²) in [6, 6.07) is 8.38. The van der Waals surface area contributed by atoms with Crippen LogP contribution in [0.3, 0.4) is 0 Å². The molecule has 0 spiro atoms. The minimum atomic E-state index is -0.683. The van der Waals surface area contributed by atoms with E-state index >= 15 is 0 Å². The maximum absolute atomic E-state index is 13.7. The van der Waals surface area contributed by atoms with E-state index in [4.69, 9.17) is 0 Å². The van der Waals surface area contributed by atoms with E-state index < -0.39 is 11.6 Å². The van der Waals surface area contributed by atoms with Gasteiger partial charge in [0.25, 0.3) is 0 Å². The molecule has 0 radical (unpaired) electrons. The van der Waals surface area contributed by atoms with Gasteiger partial charge in [-0.25, -0.2) is 18.2 Å². The van der Waals surface area contributed by atoms with Gasteiger partial charge in [0.05, 0.1) is 10.6 Å². The average Bonchev–Trinajstić information content (AvgIpc) is 2.98. The molecule has 2 aromatic carbocycles. The lowest BCUT2D eigenvalue weighted by Gasteiger charge is -2.37. The van der Waals surface area contributed by atoms with Crippen LogP contribution in [0, 0.1) is 23.4 Å². The first-order valence-electron chi connectivity index (χ1n) is 8.03. The van der Waals surface area contributed by atoms with E-state index in [9.17, 15) is 18.0 Å². The number of hydrogen-bond donors (Lipinski definition) is 1. The van der Waals surface area contributed by atoms with Gasteiger partial charge in [-0.3, -0.25) is 4.79 Å². The fourth-order valence-corrected chi connectivity index (χ4v) is 3.86. The van der Waals surface area contributed by atoms with Gasteiger partial charge in [-0.2, -0.15) is 0 Å². The molecule has 134 valence electrons. The van der Waals surface area contributed by atoms with Crippen LogP contribution >= 0.6 is 11.3 Å². The predicted octanol–water partition coefficient (Wildman–Crippen LogP) is 3.47. The van der Waals surface area contributed by atoms with E-state index in [1.807, 2.05) is 4.90 Å². The molecule has 1 aliphatic heterocycles. The first-order chi connectivity index (χ1) is 12.5. The number of carbonyl (C=O) groups excluding carboxylic acids is 1. The van der Waals surface area contributed by atoms with Gasteiger partial charge in [-0.15, -0.1) is 0 Å². The Kier molecular flexibility index (Phi) is 4.28. The summed E-state index contributed by atoms with van der Waals surface area (Å²) in [7, 11) is 0. The molecular formula is C18H14F3N3OS. The second-order valence-corrected chi connectivity index (χ2v) is 7.11. The second kappa shape index (κ2) is 6.60. The number of amides is 1. The number of nitrogens with one attached hydrogen (secondary N) is 1. The quantitative estimate of drug-likeness (QED) is 0.757. The van der Waals surface area contributed by atoms with Crippen LogP contribution in [-0.2, 0) is 11.3 Å². The van der Waals surface area contributed by atoms with Gasteiger partial charge in [0.1, 0.15) is 23.0 Å². The number of rotatable bonds is 4. The molecule has 0 atom stereocenters. The Labute approximate surface area is 151 Å². The lowest BCUT2D eigenvalue weighted by Crippen LogP contribution is -2.53. The largest absolute Gasteiger partial charge is 0.351 e. The minimum Gasteiger partial charge on any atom is -0.351 e. The van der Waals surface area contributed by atoms with Crippen LogP contribution in [0.5, 0.6) is 0 Å². The van der Waals surface area contributed by atoms with E-state index in [1.165, 1.54) is 23.5 Å². The highest BCUT2D eigenvalue weighted by atomic mass is 32.1. The minimum absolute atomic E-state index is 0.154. The molecule has 1 saturated heterocycles. The highest BCUT2D eigenvalue weighted by Gasteiger charge is 2.34. The first-order valence-corrected chi connectivity index (χ1v) is 8.85. The van der Waals surface area contributed by atoms with Crippen molar-refractivity contribution in [3.05, 3.63) is 59.4 Å². The van der Waals surface area contributed by atoms with E-state index in [1.54, 1.807) is 12.1 Å². The van der Waals surface area contributed by atoms with Crippen LogP contribution in [-0.4, -0.2) is 24.0 Å². The van der Waals surface area contributed by atoms with Crippen molar-refractivity contribution in [3.63, 3.8) is 0 Å². The first kappa shape index (κ1) is 16.8. The zero-order chi connectivity index (χ0) is 18.3. The van der Waals surface area contributed by atoms with E-state index in [0.29, 0.717) is 23.7 Å². The predicted molar refractivity (Wildman–Crippen MR) is 93.5 cm³/mol. The van der Waals surface area contributed by atoms with Crippen molar-refractivity contribution in [1.82, 2.24) is 10.3 Å². The van der Waals surface area contributed by atoms with Gasteiger partial charge in [0.2, 0.25) is 5.91 Å². The van der Waals surface area contributed by atoms with Gasteiger partial charge >= 0.3 is 0 Å². The Hall–Kier alpha value is -2.61. The molecule has 3 aromatic rings. The third kappa shape index (κ3) is 3.01. The summed E-state index contributed by atoms with van der Waals surface area (Å²) >= 11 is 1.37. The number of thiazole rings is 1. The van der Waals surface area contributed by atoms with Crippen molar-refractivity contribution in [2.24, 2.45) is 5.92 Å². The summed E-state index contributed by atoms with van der Waals surface area (Å²) in [5.41, 5.74) is 0.175. The van der Waals surface area contributed by atoms with Gasteiger partial charge in [0.15, 0.2) is 5.13 Å². The van der Waals surface area contributed by atoms with Gasteiger partial charge in [-0.1, -0.05) is 23.5 Å². The van der Waals surface area contributed by atoms with Crippen LogP contribution in [0.4, 0.5) is 18.3 Å². The number of anilines is 1. The Morgan fingerprint density at radius 1 is 1.12 bits per heavy atom. The summed E-state index contributed by atoms with van der Waals surface area (Å²) < 4.78 is 41.6. The van der Waals surface area contributed by atoms with Crippen molar-refractivity contribution < 1.29 is 18.0 Å². The maximum Gasteiger partial charge on any atom is 0.226 e. The molecule has 0 bridgehead atoms. The molecule has 1 aromatic heterocycles. The molecule has 2 heterocycles. The highest BCUT2D eigenvalue weighted by Crippen LogP contribution is 2.33. The fraction of sp³-hybridized carbons (Fsp3) is 0.222. The Bertz CT molecular complexity index is 965. The number of aromatic nitrogens is 1. The van der Waals surface area contributed by atoms with E-state index in [2.05, 4.69) is 10.3 Å². The zero-order valence-electron chi connectivity index (χ0n) is 13.5. The van der Waals surface area contributed by atoms with Crippen LogP contribution < -0.4 is 10.2 Å². The third-order valence-electron chi connectivity index (χ3n) is 4.38. The number of benzene rings is 2. The Morgan fingerprint density at radius 2 is 1.77 bits per heavy atom. The smallest absolute Gasteiger partial charge is 0.226 e. The Morgan fingerprint density at radius 3 is 2.46 bits per heavy atom. The van der Waals surface area contributed by atoms with Crippen LogP contribution in [0.1, 0.15) is 5.56 Å². The summed E-state index contributed by atoms with van der Waals surface area (Å²) in [5, 5.41) is 3.23. The van der Waals surface area contributed by atoms with Crippen molar-refractivity contribution in [2.75, 3.05) is 18.0 Å². The third-order valence-corrected chi connectivity index (χ3v) is 5.46. The standard InChI is InChI=1S/C18H14F3N3OS/c19-12-3-1-4-13(20)11(12)7-22-17(25)10-8-24(9-10)18-23-16-14(21)5-2-6-15(16)26-18/h1-6,10H,7-9H2,(H,22,25). The van der Waals surface area contributed by atoms with Crippen LogP contribution in [0.25, 0.3) is 10.2 Å². The van der Waals surface area contributed by atoms with Crippen molar-refractivity contribution >= 4 is 32.6 Å². The van der Waals surface area contributed by atoms with Gasteiger partial charge in [0, 0.05) is 25.2 Å². The number of para-hydroxylation sites is 1. The van der Waals surface area contributed by atoms with E-state index in [-0.39, 0.29) is 29.8 Å². The summed E-state index contributed by atoms with van der Waals surface area (Å²) in [6.07, 6.45) is 0. The summed E-state index contributed by atoms with van der Waals surface area (Å²) in [5.74, 6) is -2.29. The number of fused-ring (bicyclic) bond motifs is 1. The van der Waals surface area contributed by atoms with Crippen LogP contribution in [0.2, 0.25) is 0 Å². The molecule has 1 amide bonds. The lowest BCUT2D eigenvalue weighted by atomic mass is 10.00. The van der Waals surface area contributed by atoms with Crippen molar-refractivity contribution in [3.8, 4) is 0 Å². The normalized spacial score (nSPS) is 14.5. The number of carbonyl (C=O) groups is 1. The Balaban J connectivity index is 1.36. The molecular weight excluding hydrogens is 363 g/mol. The molecule has 8 heteroatoms. The van der Waals surface area contributed by atoms with Gasteiger partial charge < -0.3 is 10.2 Å². The number of halogens is 3. The maximum atomic E-state index is 13.7. The monoisotopic (exact) mass is 377 g/mol. The number of hydrogen-bond acceptors (Lipinski definition) is 4. The average molecular weight is 377 g/mol. The molecule has 1 fully saturated rings. The highest BCUT2D eigenvalue weighted by molar-refractivity contribution is 7.22. The topological polar surface area (TPSA) is 45.2 Å². The molecule has 26 heavy (non-hydrogen) atoms. The fourth-order valence-electron chi connectivity index (χ4n) is 2.86. The number of nitrogens with zero attached hydrogens (tertiary/aromatic N) is 2. The second-order valence-electron chi connectivity index (χ2n) is 6.10. The molecule has 4 rings (SSSR count). The van der Waals surface area contributed by atoms with Gasteiger partial charge in [-0.05, 0) is 24.3 Å². The SMILES string of the molecule is O=C(NCc1c(F)cccc1F)C1CN(c2nc3c(F)cccc3s2)C1. The molecule has 1 aliphatic rings. The summed E-state index contributed by atoms with van der Waals surface area (Å²) in [6.45, 7) is 0.681. The van der Waals surface area contributed by atoms with E-state index in [0.717, 1.165) is 16.8 Å². The summed E-state index contributed by atoms with van der Waals surface area (Å²) in [4.78, 5) is 18.3. The zero-order valence-corrected chi connectivity index (χ0v) is 14.3. The molecule has 0 aliphatic carbocycles. The van der Waals surface area contributed by atoms with Crippen LogP contribution in [0.15, 0.2) is 36.4 Å². The molecule has 4 nitrogen and oxygen atoms in total.